The van der Waals surface area contributed by atoms with Crippen molar-refractivity contribution in [2.24, 2.45) is 4.99 Å². The Morgan fingerprint density at radius 2 is 2.06 bits per heavy atom. The van der Waals surface area contributed by atoms with Crippen LogP contribution in [0.3, 0.4) is 0 Å². The molecule has 17 heavy (non-hydrogen) atoms. The van der Waals surface area contributed by atoms with Gasteiger partial charge in [0.25, 0.3) is 0 Å². The van der Waals surface area contributed by atoms with E-state index in [1.165, 1.54) is 0 Å². The maximum absolute atomic E-state index is 11.7. The third kappa shape index (κ3) is 3.06. The number of hydrogen-bond acceptors (Lipinski definition) is 2. The second kappa shape index (κ2) is 6.14. The quantitative estimate of drug-likeness (QED) is 0.357. The smallest absolute Gasteiger partial charge is 0.164 e. The number of benzene rings is 1. The Balaban J connectivity index is 2.06. The molecular weight excluding hydrogens is 327 g/mol. The number of anilines is 1. The van der Waals surface area contributed by atoms with Gasteiger partial charge in [-0.05, 0) is 17.3 Å². The average molecular weight is 341 g/mol. The first kappa shape index (κ1) is 12.5. The number of unbranched alkanes of at least 4 members (excludes halogenated alkanes) is 1. The molecule has 0 N–H and O–H groups in total. The van der Waals surface area contributed by atoms with Gasteiger partial charge >= 0.3 is 0 Å². The molecule has 1 unspecified atom stereocenters. The lowest BCUT2D eigenvalue weighted by Gasteiger charge is -2.30. The average Bonchev–Trinajstić information content (AvgIpc) is 2.73. The highest BCUT2D eigenvalue weighted by atomic mass is 127. The molecule has 0 spiro atoms. The molecule has 0 fully saturated rings. The predicted molar refractivity (Wildman–Crippen MR) is 77.9 cm³/mol. The summed E-state index contributed by atoms with van der Waals surface area (Å²) in [5, 5.41) is 0. The fourth-order valence-electron chi connectivity index (χ4n) is 1.87. The zero-order chi connectivity index (χ0) is 12.1. The maximum atomic E-state index is 11.7. The standard InChI is InChI=1S/C13H14IN2O/c14-9-5-4-8-12-13(17)15-10-16(12)11-6-2-1-3-7-11/h1-3,6-7,12H,4-5,8-9H2/q-1. The zero-order valence-corrected chi connectivity index (χ0v) is 11.6. The van der Waals surface area contributed by atoms with Crippen molar-refractivity contribution in [3.8, 4) is 0 Å². The van der Waals surface area contributed by atoms with Crippen LogP contribution < -0.4 is 4.90 Å². The van der Waals surface area contributed by atoms with Crippen molar-refractivity contribution in [2.75, 3.05) is 9.33 Å². The van der Waals surface area contributed by atoms with E-state index < -0.39 is 0 Å². The Morgan fingerprint density at radius 3 is 2.76 bits per heavy atom. The number of carbonyl (C=O) groups excluding carboxylic acids is 1. The van der Waals surface area contributed by atoms with Crippen molar-refractivity contribution in [1.29, 1.82) is 0 Å². The number of aliphatic imine (C=N–C) groups is 1. The molecule has 90 valence electrons. The molecule has 3 nitrogen and oxygen atoms in total. The van der Waals surface area contributed by atoms with E-state index in [1.807, 2.05) is 35.2 Å². The molecule has 0 aromatic heterocycles. The molecule has 0 saturated carbocycles. The molecule has 1 atom stereocenters. The van der Waals surface area contributed by atoms with Crippen molar-refractivity contribution < 1.29 is 4.79 Å². The lowest BCUT2D eigenvalue weighted by molar-refractivity contribution is -0.118. The summed E-state index contributed by atoms with van der Waals surface area (Å²) in [6.45, 7) is 0. The molecule has 1 aromatic rings. The predicted octanol–water partition coefficient (Wildman–Crippen LogP) is 2.91. The Labute approximate surface area is 115 Å². The van der Waals surface area contributed by atoms with E-state index in [-0.39, 0.29) is 11.9 Å². The van der Waals surface area contributed by atoms with Crippen LogP contribution in [0.1, 0.15) is 19.3 Å². The Bertz CT molecular complexity index is 405. The van der Waals surface area contributed by atoms with E-state index in [9.17, 15) is 4.79 Å². The lowest BCUT2D eigenvalue weighted by atomic mass is 10.1. The number of halogens is 1. The van der Waals surface area contributed by atoms with Gasteiger partial charge in [-0.1, -0.05) is 65.0 Å². The number of alkyl halides is 1. The van der Waals surface area contributed by atoms with Crippen molar-refractivity contribution in [1.82, 2.24) is 0 Å². The van der Waals surface area contributed by atoms with Gasteiger partial charge in [0.15, 0.2) is 5.91 Å². The van der Waals surface area contributed by atoms with Gasteiger partial charge < -0.3 is 14.7 Å². The van der Waals surface area contributed by atoms with E-state index in [0.29, 0.717) is 0 Å². The van der Waals surface area contributed by atoms with E-state index in [0.717, 1.165) is 29.4 Å². The number of hydrogen-bond donors (Lipinski definition) is 0. The summed E-state index contributed by atoms with van der Waals surface area (Å²) in [7, 11) is 0. The Morgan fingerprint density at radius 1 is 1.29 bits per heavy atom. The first-order valence-corrected chi connectivity index (χ1v) is 7.26. The monoisotopic (exact) mass is 341 g/mol. The van der Waals surface area contributed by atoms with Gasteiger partial charge in [-0.15, -0.1) is 0 Å². The highest BCUT2D eigenvalue weighted by Crippen LogP contribution is 2.22. The SMILES string of the molecule is O=C1N=[C-]N(c2ccccc2)C1CCCCI. The van der Waals surface area contributed by atoms with Crippen molar-refractivity contribution >= 4 is 40.5 Å². The summed E-state index contributed by atoms with van der Waals surface area (Å²) >= 11 is 2.36. The van der Waals surface area contributed by atoms with E-state index in [1.54, 1.807) is 0 Å². The third-order valence-corrected chi connectivity index (χ3v) is 3.52. The topological polar surface area (TPSA) is 32.7 Å². The van der Waals surface area contributed by atoms with Gasteiger partial charge in [-0.2, -0.15) is 0 Å². The molecular formula is C13H14IN2O-. The number of carbonyl (C=O) groups is 1. The summed E-state index contributed by atoms with van der Waals surface area (Å²) in [4.78, 5) is 17.3. The van der Waals surface area contributed by atoms with E-state index in [2.05, 4.69) is 33.9 Å². The molecule has 1 aliphatic heterocycles. The third-order valence-electron chi connectivity index (χ3n) is 2.76. The minimum absolute atomic E-state index is 0.0673. The second-order valence-corrected chi connectivity index (χ2v) is 5.03. The van der Waals surface area contributed by atoms with Gasteiger partial charge in [-0.25, -0.2) is 0 Å². The van der Waals surface area contributed by atoms with Crippen LogP contribution in [0.25, 0.3) is 0 Å². The highest BCUT2D eigenvalue weighted by Gasteiger charge is 2.20. The van der Waals surface area contributed by atoms with Crippen LogP contribution in [0.5, 0.6) is 0 Å². The summed E-state index contributed by atoms with van der Waals surface area (Å²) in [5.41, 5.74) is 0.988. The summed E-state index contributed by atoms with van der Waals surface area (Å²) < 4.78 is 1.13. The Hall–Kier alpha value is -0.910. The van der Waals surface area contributed by atoms with Gasteiger partial charge in [0.1, 0.15) is 0 Å². The van der Waals surface area contributed by atoms with Crippen LogP contribution in [0.2, 0.25) is 0 Å². The molecule has 1 heterocycles. The number of amides is 1. The summed E-state index contributed by atoms with van der Waals surface area (Å²) in [6.07, 6.45) is 5.86. The van der Waals surface area contributed by atoms with Crippen LogP contribution in [0.4, 0.5) is 5.69 Å². The fourth-order valence-corrected chi connectivity index (χ4v) is 2.41. The molecule has 1 aliphatic rings. The molecule has 4 heteroatoms. The number of rotatable bonds is 5. The number of para-hydroxylation sites is 1. The first-order valence-electron chi connectivity index (χ1n) is 5.73. The molecule has 2 rings (SSSR count). The number of nitrogens with zero attached hydrogens (tertiary/aromatic N) is 2. The Kier molecular flexibility index (Phi) is 4.53. The summed E-state index contributed by atoms with van der Waals surface area (Å²) in [5.74, 6) is -0.0673. The highest BCUT2D eigenvalue weighted by molar-refractivity contribution is 14.1. The van der Waals surface area contributed by atoms with Crippen LogP contribution >= 0.6 is 22.6 Å². The van der Waals surface area contributed by atoms with Crippen LogP contribution in [0, 0.1) is 0 Å². The molecule has 1 aromatic carbocycles. The normalized spacial score (nSPS) is 19.0. The van der Waals surface area contributed by atoms with Gasteiger partial charge in [0.2, 0.25) is 0 Å². The minimum Gasteiger partial charge on any atom is -0.438 e. The van der Waals surface area contributed by atoms with Crippen LogP contribution in [-0.4, -0.2) is 22.7 Å². The van der Waals surface area contributed by atoms with Crippen molar-refractivity contribution in [3.05, 3.63) is 30.3 Å². The molecule has 1 amide bonds. The fraction of sp³-hybridized carbons (Fsp3) is 0.385. The molecule has 0 aliphatic carbocycles. The van der Waals surface area contributed by atoms with Crippen LogP contribution in [0.15, 0.2) is 35.3 Å². The van der Waals surface area contributed by atoms with Gasteiger partial charge in [-0.3, -0.25) is 0 Å². The van der Waals surface area contributed by atoms with Gasteiger partial charge in [0, 0.05) is 12.4 Å². The molecule has 0 radical (unpaired) electrons. The summed E-state index contributed by atoms with van der Waals surface area (Å²) in [6, 6.07) is 9.69. The lowest BCUT2D eigenvalue weighted by Crippen LogP contribution is -2.34. The minimum atomic E-state index is -0.152. The molecule has 0 bridgehead atoms. The van der Waals surface area contributed by atoms with E-state index in [4.69, 9.17) is 0 Å². The molecule has 0 saturated heterocycles. The van der Waals surface area contributed by atoms with Crippen molar-refractivity contribution in [2.45, 2.75) is 25.3 Å². The zero-order valence-electron chi connectivity index (χ0n) is 9.47. The first-order chi connectivity index (χ1) is 8.33. The van der Waals surface area contributed by atoms with Crippen molar-refractivity contribution in [3.63, 3.8) is 0 Å². The maximum Gasteiger partial charge on any atom is 0.164 e. The second-order valence-electron chi connectivity index (χ2n) is 3.96. The van der Waals surface area contributed by atoms with Gasteiger partial charge in [0.05, 0.1) is 0 Å². The van der Waals surface area contributed by atoms with E-state index >= 15 is 0 Å². The largest absolute Gasteiger partial charge is 0.438 e. The van der Waals surface area contributed by atoms with Crippen LogP contribution in [-0.2, 0) is 4.79 Å².